The van der Waals surface area contributed by atoms with E-state index in [2.05, 4.69) is 15.2 Å². The van der Waals surface area contributed by atoms with Crippen LogP contribution in [0.4, 0.5) is 4.39 Å². The Morgan fingerprint density at radius 2 is 1.90 bits per heavy atom. The SMILES string of the molecule is N[C@H](c1ccc(Cl)cc1)c1nc(-c2cccc(F)c2)n[nH]1. The molecule has 106 valence electrons. The third-order valence-corrected chi connectivity index (χ3v) is 3.36. The van der Waals surface area contributed by atoms with Crippen molar-refractivity contribution in [2.45, 2.75) is 6.04 Å². The van der Waals surface area contributed by atoms with Gasteiger partial charge >= 0.3 is 0 Å². The second-order valence-corrected chi connectivity index (χ2v) is 5.02. The van der Waals surface area contributed by atoms with Crippen molar-refractivity contribution in [2.75, 3.05) is 0 Å². The standard InChI is InChI=1S/C15H12ClFN4/c16-11-6-4-9(5-7-11)13(18)15-19-14(20-21-15)10-2-1-3-12(17)8-10/h1-8,13H,18H2,(H,19,20,21)/t13-/m1/s1. The molecule has 1 aromatic heterocycles. The summed E-state index contributed by atoms with van der Waals surface area (Å²) in [5, 5.41) is 7.52. The van der Waals surface area contributed by atoms with Gasteiger partial charge in [0.2, 0.25) is 0 Å². The van der Waals surface area contributed by atoms with E-state index in [1.807, 2.05) is 12.1 Å². The summed E-state index contributed by atoms with van der Waals surface area (Å²) >= 11 is 5.85. The Morgan fingerprint density at radius 3 is 2.62 bits per heavy atom. The van der Waals surface area contributed by atoms with Gasteiger partial charge in [-0.1, -0.05) is 35.9 Å². The number of hydrogen-bond acceptors (Lipinski definition) is 3. The number of halogens is 2. The fraction of sp³-hybridized carbons (Fsp3) is 0.0667. The number of benzene rings is 2. The zero-order valence-electron chi connectivity index (χ0n) is 10.9. The number of hydrogen-bond donors (Lipinski definition) is 2. The summed E-state index contributed by atoms with van der Waals surface area (Å²) in [6.07, 6.45) is 0. The lowest BCUT2D eigenvalue weighted by molar-refractivity contribution is 0.628. The predicted molar refractivity (Wildman–Crippen MR) is 79.3 cm³/mol. The van der Waals surface area contributed by atoms with Gasteiger partial charge in [-0.15, -0.1) is 0 Å². The van der Waals surface area contributed by atoms with Gasteiger partial charge in [0.1, 0.15) is 11.6 Å². The molecule has 0 amide bonds. The van der Waals surface area contributed by atoms with E-state index in [-0.39, 0.29) is 5.82 Å². The topological polar surface area (TPSA) is 67.6 Å². The maximum atomic E-state index is 13.2. The molecule has 4 nitrogen and oxygen atoms in total. The van der Waals surface area contributed by atoms with Gasteiger partial charge in [-0.05, 0) is 29.8 Å². The lowest BCUT2D eigenvalue weighted by Crippen LogP contribution is -2.13. The number of aromatic nitrogens is 3. The van der Waals surface area contributed by atoms with Crippen molar-refractivity contribution in [1.82, 2.24) is 15.2 Å². The fourth-order valence-corrected chi connectivity index (χ4v) is 2.12. The van der Waals surface area contributed by atoms with Crippen molar-refractivity contribution >= 4 is 11.6 Å². The van der Waals surface area contributed by atoms with Crippen molar-refractivity contribution in [2.24, 2.45) is 5.73 Å². The van der Waals surface area contributed by atoms with Gasteiger partial charge in [-0.25, -0.2) is 9.37 Å². The van der Waals surface area contributed by atoms with E-state index in [0.717, 1.165) is 5.56 Å². The predicted octanol–water partition coefficient (Wildman–Crippen LogP) is 3.31. The summed E-state index contributed by atoms with van der Waals surface area (Å²) in [6.45, 7) is 0. The van der Waals surface area contributed by atoms with Crippen LogP contribution in [-0.2, 0) is 0 Å². The number of H-pyrrole nitrogens is 1. The Labute approximate surface area is 125 Å². The van der Waals surface area contributed by atoms with Gasteiger partial charge < -0.3 is 5.73 Å². The molecule has 3 rings (SSSR count). The zero-order valence-corrected chi connectivity index (χ0v) is 11.7. The summed E-state index contributed by atoms with van der Waals surface area (Å²) in [5.41, 5.74) is 7.60. The van der Waals surface area contributed by atoms with Crippen LogP contribution in [0.25, 0.3) is 11.4 Å². The largest absolute Gasteiger partial charge is 0.318 e. The molecule has 0 unspecified atom stereocenters. The maximum absolute atomic E-state index is 13.2. The molecule has 21 heavy (non-hydrogen) atoms. The van der Waals surface area contributed by atoms with Gasteiger partial charge in [0.05, 0.1) is 6.04 Å². The van der Waals surface area contributed by atoms with Crippen LogP contribution in [0.5, 0.6) is 0 Å². The summed E-state index contributed by atoms with van der Waals surface area (Å²) in [7, 11) is 0. The van der Waals surface area contributed by atoms with Crippen molar-refractivity contribution in [1.29, 1.82) is 0 Å². The van der Waals surface area contributed by atoms with Crippen LogP contribution in [0.15, 0.2) is 48.5 Å². The minimum Gasteiger partial charge on any atom is -0.318 e. The van der Waals surface area contributed by atoms with Crippen molar-refractivity contribution in [3.05, 3.63) is 70.8 Å². The fourth-order valence-electron chi connectivity index (χ4n) is 2.00. The highest BCUT2D eigenvalue weighted by atomic mass is 35.5. The second-order valence-electron chi connectivity index (χ2n) is 4.58. The molecule has 0 aliphatic carbocycles. The van der Waals surface area contributed by atoms with E-state index in [0.29, 0.717) is 22.2 Å². The minimum atomic E-state index is -0.447. The molecule has 1 heterocycles. The average Bonchev–Trinajstić information content (AvgIpc) is 2.97. The van der Waals surface area contributed by atoms with Gasteiger partial charge in [0.15, 0.2) is 5.82 Å². The van der Waals surface area contributed by atoms with Crippen LogP contribution in [0, 0.1) is 5.82 Å². The van der Waals surface area contributed by atoms with Crippen LogP contribution in [0.2, 0.25) is 5.02 Å². The van der Waals surface area contributed by atoms with E-state index >= 15 is 0 Å². The lowest BCUT2D eigenvalue weighted by Gasteiger charge is -2.08. The molecule has 6 heteroatoms. The van der Waals surface area contributed by atoms with Crippen LogP contribution < -0.4 is 5.73 Å². The van der Waals surface area contributed by atoms with Crippen molar-refractivity contribution in [3.63, 3.8) is 0 Å². The zero-order chi connectivity index (χ0) is 14.8. The highest BCUT2D eigenvalue weighted by Crippen LogP contribution is 2.21. The number of nitrogens with two attached hydrogens (primary N) is 1. The van der Waals surface area contributed by atoms with E-state index < -0.39 is 6.04 Å². The number of nitrogens with one attached hydrogen (secondary N) is 1. The first-order valence-corrected chi connectivity index (χ1v) is 6.70. The third kappa shape index (κ3) is 2.94. The van der Waals surface area contributed by atoms with E-state index in [4.69, 9.17) is 17.3 Å². The average molecular weight is 303 g/mol. The quantitative estimate of drug-likeness (QED) is 0.780. The van der Waals surface area contributed by atoms with Crippen LogP contribution in [-0.4, -0.2) is 15.2 Å². The molecule has 2 aromatic carbocycles. The number of nitrogens with zero attached hydrogens (tertiary/aromatic N) is 2. The molecule has 0 saturated heterocycles. The molecule has 0 spiro atoms. The van der Waals surface area contributed by atoms with Gasteiger partial charge in [0, 0.05) is 10.6 Å². The summed E-state index contributed by atoms with van der Waals surface area (Å²) in [6, 6.07) is 12.8. The Balaban J connectivity index is 1.89. The maximum Gasteiger partial charge on any atom is 0.181 e. The highest BCUT2D eigenvalue weighted by Gasteiger charge is 2.15. The van der Waals surface area contributed by atoms with Crippen LogP contribution in [0.1, 0.15) is 17.4 Å². The molecule has 1 atom stereocenters. The van der Waals surface area contributed by atoms with E-state index in [9.17, 15) is 4.39 Å². The Hall–Kier alpha value is -2.24. The van der Waals surface area contributed by atoms with Crippen LogP contribution >= 0.6 is 11.6 Å². The Morgan fingerprint density at radius 1 is 1.14 bits per heavy atom. The number of aromatic amines is 1. The van der Waals surface area contributed by atoms with E-state index in [1.54, 1.807) is 24.3 Å². The molecule has 0 bridgehead atoms. The molecule has 3 aromatic rings. The normalized spacial score (nSPS) is 12.3. The first-order valence-electron chi connectivity index (χ1n) is 6.33. The highest BCUT2D eigenvalue weighted by molar-refractivity contribution is 6.30. The molecule has 0 saturated carbocycles. The van der Waals surface area contributed by atoms with Gasteiger partial charge in [-0.2, -0.15) is 5.10 Å². The van der Waals surface area contributed by atoms with Gasteiger partial charge in [-0.3, -0.25) is 5.10 Å². The van der Waals surface area contributed by atoms with Crippen molar-refractivity contribution in [3.8, 4) is 11.4 Å². The molecule has 3 N–H and O–H groups in total. The molecule has 0 aliphatic heterocycles. The van der Waals surface area contributed by atoms with Crippen molar-refractivity contribution < 1.29 is 4.39 Å². The first kappa shape index (κ1) is 13.7. The Bertz CT molecular complexity index is 754. The third-order valence-electron chi connectivity index (χ3n) is 3.11. The molecular weight excluding hydrogens is 291 g/mol. The van der Waals surface area contributed by atoms with Crippen LogP contribution in [0.3, 0.4) is 0 Å². The lowest BCUT2D eigenvalue weighted by atomic mass is 10.1. The van der Waals surface area contributed by atoms with E-state index in [1.165, 1.54) is 12.1 Å². The molecular formula is C15H12ClFN4. The smallest absolute Gasteiger partial charge is 0.181 e. The minimum absolute atomic E-state index is 0.333. The van der Waals surface area contributed by atoms with Gasteiger partial charge in [0.25, 0.3) is 0 Å². The monoisotopic (exact) mass is 302 g/mol. The first-order chi connectivity index (χ1) is 10.1. The summed E-state index contributed by atoms with van der Waals surface area (Å²) < 4.78 is 13.2. The molecule has 0 radical (unpaired) electrons. The molecule has 0 aliphatic rings. The summed E-state index contributed by atoms with van der Waals surface area (Å²) in [4.78, 5) is 4.33. The number of rotatable bonds is 3. The molecule has 0 fully saturated rings. The Kier molecular flexibility index (Phi) is 3.68. The second kappa shape index (κ2) is 5.63. The summed E-state index contributed by atoms with van der Waals surface area (Å²) in [5.74, 6) is 0.589.